The highest BCUT2D eigenvalue weighted by Gasteiger charge is 2.17. The van der Waals surface area contributed by atoms with E-state index in [4.69, 9.17) is 0 Å². The average molecular weight is 408 g/mol. The quantitative estimate of drug-likeness (QED) is 0.457. The fourth-order valence-corrected chi connectivity index (χ4v) is 4.49. The first-order valence-electron chi connectivity index (χ1n) is 9.57. The lowest BCUT2D eigenvalue weighted by Gasteiger charge is -2.22. The molecule has 6 heteroatoms. The van der Waals surface area contributed by atoms with E-state index in [0.29, 0.717) is 28.5 Å². The van der Waals surface area contributed by atoms with Crippen molar-refractivity contribution in [3.8, 4) is 11.1 Å². The van der Waals surface area contributed by atoms with Gasteiger partial charge in [-0.25, -0.2) is 9.37 Å². The van der Waals surface area contributed by atoms with Crippen LogP contribution in [0.2, 0.25) is 0 Å². The highest BCUT2D eigenvalue weighted by atomic mass is 32.1. The van der Waals surface area contributed by atoms with Crippen LogP contribution < -0.4 is 10.9 Å². The molecule has 0 amide bonds. The molecule has 29 heavy (non-hydrogen) atoms. The number of thiophene rings is 1. The summed E-state index contributed by atoms with van der Waals surface area (Å²) in [4.78, 5) is 21.0. The molecule has 0 saturated carbocycles. The topological polar surface area (TPSA) is 57.8 Å². The van der Waals surface area contributed by atoms with Crippen LogP contribution in [0.15, 0.2) is 64.8 Å². The Kier molecular flexibility index (Phi) is 5.56. The summed E-state index contributed by atoms with van der Waals surface area (Å²) >= 11 is 1.43. The third-order valence-corrected chi connectivity index (χ3v) is 5.84. The number of fused-ring (bicyclic) bond motifs is 1. The van der Waals surface area contributed by atoms with Gasteiger partial charge in [0.1, 0.15) is 16.5 Å². The second kappa shape index (κ2) is 8.27. The smallest absolute Gasteiger partial charge is 0.260 e. The summed E-state index contributed by atoms with van der Waals surface area (Å²) in [6.45, 7) is 4.79. The summed E-state index contributed by atoms with van der Waals surface area (Å²) in [6, 6.07) is 16.6. The fourth-order valence-electron chi connectivity index (χ4n) is 3.52. The van der Waals surface area contributed by atoms with E-state index in [0.717, 1.165) is 11.1 Å². The molecule has 2 heterocycles. The van der Waals surface area contributed by atoms with Crippen molar-refractivity contribution in [2.24, 2.45) is 5.92 Å². The molecular weight excluding hydrogens is 385 g/mol. The van der Waals surface area contributed by atoms with Crippen molar-refractivity contribution < 1.29 is 4.39 Å². The highest BCUT2D eigenvalue weighted by Crippen LogP contribution is 2.31. The first-order chi connectivity index (χ1) is 14.0. The second-order valence-electron chi connectivity index (χ2n) is 7.36. The molecule has 0 aliphatic rings. The van der Waals surface area contributed by atoms with Crippen LogP contribution in [0, 0.1) is 11.7 Å². The first kappa shape index (κ1) is 19.5. The molecular formula is C23H22FN3OS. The maximum Gasteiger partial charge on any atom is 0.260 e. The number of aromatic nitrogens is 2. The standard InChI is InChI=1S/C23H22FN3OS/c1-14(2)21(16-6-4-3-5-7-16)25-12-19-26-22(28)20-18(13-29-23(20)27-19)15-8-10-17(24)11-9-15/h3-11,13-14,21,25H,12H2,1-2H3,(H,26,27,28)/t21-/m0/s1. The van der Waals surface area contributed by atoms with Crippen LogP contribution in [0.5, 0.6) is 0 Å². The first-order valence-corrected chi connectivity index (χ1v) is 10.5. The molecule has 0 unspecified atom stereocenters. The Morgan fingerprint density at radius 2 is 1.83 bits per heavy atom. The molecule has 2 aromatic carbocycles. The third-order valence-electron chi connectivity index (χ3n) is 4.96. The Hall–Kier alpha value is -2.83. The Morgan fingerprint density at radius 3 is 2.52 bits per heavy atom. The summed E-state index contributed by atoms with van der Waals surface area (Å²) in [5.74, 6) is 0.697. The van der Waals surface area contributed by atoms with Gasteiger partial charge in [0.25, 0.3) is 5.56 Å². The van der Waals surface area contributed by atoms with Crippen molar-refractivity contribution in [2.45, 2.75) is 26.4 Å². The molecule has 0 radical (unpaired) electrons. The summed E-state index contributed by atoms with van der Waals surface area (Å²) in [7, 11) is 0. The molecule has 0 aliphatic carbocycles. The van der Waals surface area contributed by atoms with E-state index in [9.17, 15) is 9.18 Å². The van der Waals surface area contributed by atoms with Gasteiger partial charge in [-0.15, -0.1) is 11.3 Å². The summed E-state index contributed by atoms with van der Waals surface area (Å²) in [5, 5.41) is 5.97. The second-order valence-corrected chi connectivity index (χ2v) is 8.22. The largest absolute Gasteiger partial charge is 0.309 e. The van der Waals surface area contributed by atoms with Gasteiger partial charge < -0.3 is 10.3 Å². The third kappa shape index (κ3) is 4.13. The lowest BCUT2D eigenvalue weighted by Crippen LogP contribution is -2.27. The van der Waals surface area contributed by atoms with Gasteiger partial charge in [0, 0.05) is 17.0 Å². The van der Waals surface area contributed by atoms with Crippen molar-refractivity contribution in [1.29, 1.82) is 0 Å². The van der Waals surface area contributed by atoms with Gasteiger partial charge >= 0.3 is 0 Å². The van der Waals surface area contributed by atoms with Crippen LogP contribution in [0.4, 0.5) is 4.39 Å². The molecule has 2 N–H and O–H groups in total. The lowest BCUT2D eigenvalue weighted by atomic mass is 9.96. The predicted octanol–water partition coefficient (Wildman–Crippen LogP) is 5.28. The van der Waals surface area contributed by atoms with Gasteiger partial charge in [-0.1, -0.05) is 56.3 Å². The van der Waals surface area contributed by atoms with E-state index < -0.39 is 0 Å². The molecule has 2 aromatic heterocycles. The predicted molar refractivity (Wildman–Crippen MR) is 116 cm³/mol. The minimum absolute atomic E-state index is 0.162. The number of benzene rings is 2. The van der Waals surface area contributed by atoms with Gasteiger partial charge in [-0.2, -0.15) is 0 Å². The van der Waals surface area contributed by atoms with E-state index in [1.54, 1.807) is 12.1 Å². The van der Waals surface area contributed by atoms with Gasteiger partial charge in [0.15, 0.2) is 0 Å². The Bertz CT molecular complexity index is 1170. The van der Waals surface area contributed by atoms with Crippen LogP contribution in [-0.2, 0) is 6.54 Å². The molecule has 0 spiro atoms. The number of H-pyrrole nitrogens is 1. The molecule has 148 valence electrons. The Balaban J connectivity index is 1.61. The zero-order chi connectivity index (χ0) is 20.4. The zero-order valence-corrected chi connectivity index (χ0v) is 17.1. The summed E-state index contributed by atoms with van der Waals surface area (Å²) < 4.78 is 13.2. The van der Waals surface area contributed by atoms with E-state index in [-0.39, 0.29) is 17.4 Å². The number of nitrogens with zero attached hydrogens (tertiary/aromatic N) is 1. The molecule has 1 atom stereocenters. The average Bonchev–Trinajstić information content (AvgIpc) is 3.14. The van der Waals surface area contributed by atoms with E-state index in [1.807, 2.05) is 23.6 Å². The number of rotatable bonds is 6. The minimum atomic E-state index is -0.299. The van der Waals surface area contributed by atoms with Crippen LogP contribution in [0.25, 0.3) is 21.3 Å². The molecule has 0 fully saturated rings. The van der Waals surface area contributed by atoms with Crippen molar-refractivity contribution in [2.75, 3.05) is 0 Å². The normalized spacial score (nSPS) is 12.6. The van der Waals surface area contributed by atoms with E-state index in [2.05, 4.69) is 41.3 Å². The summed E-state index contributed by atoms with van der Waals surface area (Å²) in [6.07, 6.45) is 0. The molecule has 0 aliphatic heterocycles. The van der Waals surface area contributed by atoms with Gasteiger partial charge in [-0.05, 0) is 29.2 Å². The van der Waals surface area contributed by atoms with Gasteiger partial charge in [0.05, 0.1) is 11.9 Å². The number of aromatic amines is 1. The van der Waals surface area contributed by atoms with Crippen molar-refractivity contribution in [1.82, 2.24) is 15.3 Å². The fraction of sp³-hybridized carbons (Fsp3) is 0.217. The lowest BCUT2D eigenvalue weighted by molar-refractivity contribution is 0.406. The van der Waals surface area contributed by atoms with Gasteiger partial charge in [-0.3, -0.25) is 4.79 Å². The Morgan fingerprint density at radius 1 is 1.10 bits per heavy atom. The number of hydrogen-bond acceptors (Lipinski definition) is 4. The number of halogens is 1. The molecule has 0 saturated heterocycles. The highest BCUT2D eigenvalue weighted by molar-refractivity contribution is 7.17. The molecule has 4 nitrogen and oxygen atoms in total. The van der Waals surface area contributed by atoms with Crippen LogP contribution >= 0.6 is 11.3 Å². The van der Waals surface area contributed by atoms with E-state index in [1.165, 1.54) is 29.0 Å². The van der Waals surface area contributed by atoms with Crippen LogP contribution in [0.1, 0.15) is 31.3 Å². The van der Waals surface area contributed by atoms with Crippen LogP contribution in [0.3, 0.4) is 0 Å². The number of nitrogens with one attached hydrogen (secondary N) is 2. The Labute approximate surface area is 172 Å². The zero-order valence-electron chi connectivity index (χ0n) is 16.3. The maximum atomic E-state index is 13.2. The van der Waals surface area contributed by atoms with Crippen molar-refractivity contribution in [3.63, 3.8) is 0 Å². The molecule has 4 rings (SSSR count). The van der Waals surface area contributed by atoms with Gasteiger partial charge in [0.2, 0.25) is 0 Å². The molecule has 4 aromatic rings. The van der Waals surface area contributed by atoms with Crippen LogP contribution in [-0.4, -0.2) is 9.97 Å². The molecule has 0 bridgehead atoms. The van der Waals surface area contributed by atoms with Crippen molar-refractivity contribution >= 4 is 21.6 Å². The number of hydrogen-bond donors (Lipinski definition) is 2. The summed E-state index contributed by atoms with van der Waals surface area (Å²) in [5.41, 5.74) is 2.62. The maximum absolute atomic E-state index is 13.2. The van der Waals surface area contributed by atoms with Crippen molar-refractivity contribution in [3.05, 3.63) is 87.5 Å². The van der Waals surface area contributed by atoms with E-state index >= 15 is 0 Å². The minimum Gasteiger partial charge on any atom is -0.309 e. The SMILES string of the molecule is CC(C)[C@H](NCc1nc2scc(-c3ccc(F)cc3)c2c(=O)[nH]1)c1ccccc1. The monoisotopic (exact) mass is 407 g/mol.